The molecule has 0 saturated carbocycles. The molecule has 0 atom stereocenters. The van der Waals surface area contributed by atoms with Crippen molar-refractivity contribution in [1.29, 1.82) is 0 Å². The molecular weight excluding hydrogens is 261 g/mol. The van der Waals surface area contributed by atoms with Gasteiger partial charge in [-0.05, 0) is 26.0 Å². The lowest BCUT2D eigenvalue weighted by Gasteiger charge is -2.24. The van der Waals surface area contributed by atoms with Crippen LogP contribution in [0, 0.1) is 5.82 Å². The molecule has 0 spiro atoms. The smallest absolute Gasteiger partial charge is 0.253 e. The van der Waals surface area contributed by atoms with Gasteiger partial charge in [-0.15, -0.1) is 0 Å². The van der Waals surface area contributed by atoms with Crippen LogP contribution in [0.2, 0.25) is 5.02 Å². The van der Waals surface area contributed by atoms with Gasteiger partial charge in [0.25, 0.3) is 5.91 Å². The number of halogens is 2. The lowest BCUT2D eigenvalue weighted by atomic mass is 10.0. The predicted molar refractivity (Wildman–Crippen MR) is 66.4 cm³/mol. The quantitative estimate of drug-likeness (QED) is 0.339. The topological polar surface area (TPSA) is 87.7 Å². The van der Waals surface area contributed by atoms with Crippen molar-refractivity contribution in [3.05, 3.63) is 34.6 Å². The molecule has 0 unspecified atom stereocenters. The second-order valence-electron chi connectivity index (χ2n) is 4.17. The van der Waals surface area contributed by atoms with Gasteiger partial charge < -0.3 is 16.3 Å². The van der Waals surface area contributed by atoms with E-state index in [4.69, 9.17) is 22.5 Å². The van der Waals surface area contributed by atoms with Crippen LogP contribution in [0.4, 0.5) is 4.39 Å². The Bertz CT molecular complexity index is 503. The molecule has 7 heteroatoms. The predicted octanol–water partition coefficient (Wildman–Crippen LogP) is 1.73. The SMILES string of the molecule is CC(C)(NC(=O)c1cccc(F)c1Cl)/C(N)=N/O. The first-order chi connectivity index (χ1) is 8.29. The summed E-state index contributed by atoms with van der Waals surface area (Å²) in [6, 6.07) is 3.89. The molecule has 1 aromatic rings. The molecule has 1 aromatic carbocycles. The monoisotopic (exact) mass is 273 g/mol. The number of amides is 1. The highest BCUT2D eigenvalue weighted by molar-refractivity contribution is 6.34. The van der Waals surface area contributed by atoms with Crippen LogP contribution in [-0.2, 0) is 0 Å². The zero-order valence-electron chi connectivity index (χ0n) is 9.87. The van der Waals surface area contributed by atoms with E-state index in [2.05, 4.69) is 10.5 Å². The van der Waals surface area contributed by atoms with E-state index in [0.717, 1.165) is 6.07 Å². The first-order valence-electron chi connectivity index (χ1n) is 5.04. The summed E-state index contributed by atoms with van der Waals surface area (Å²) in [5.74, 6) is -1.48. The summed E-state index contributed by atoms with van der Waals surface area (Å²) in [6.07, 6.45) is 0. The van der Waals surface area contributed by atoms with Crippen LogP contribution in [0.5, 0.6) is 0 Å². The Morgan fingerprint density at radius 2 is 2.17 bits per heavy atom. The molecule has 0 aliphatic carbocycles. The number of hydrogen-bond donors (Lipinski definition) is 3. The zero-order valence-corrected chi connectivity index (χ0v) is 10.6. The summed E-state index contributed by atoms with van der Waals surface area (Å²) in [7, 11) is 0. The average molecular weight is 274 g/mol. The largest absolute Gasteiger partial charge is 0.409 e. The van der Waals surface area contributed by atoms with E-state index < -0.39 is 17.3 Å². The van der Waals surface area contributed by atoms with Gasteiger partial charge in [0, 0.05) is 0 Å². The summed E-state index contributed by atoms with van der Waals surface area (Å²) in [5, 5.41) is 13.6. The highest BCUT2D eigenvalue weighted by Gasteiger charge is 2.27. The van der Waals surface area contributed by atoms with Gasteiger partial charge >= 0.3 is 0 Å². The van der Waals surface area contributed by atoms with Crippen LogP contribution in [0.3, 0.4) is 0 Å². The maximum Gasteiger partial charge on any atom is 0.253 e. The summed E-state index contributed by atoms with van der Waals surface area (Å²) in [6.45, 7) is 3.07. The van der Waals surface area contributed by atoms with Crippen molar-refractivity contribution in [1.82, 2.24) is 5.32 Å². The molecule has 0 radical (unpaired) electrons. The van der Waals surface area contributed by atoms with Gasteiger partial charge in [-0.3, -0.25) is 4.79 Å². The van der Waals surface area contributed by atoms with Crippen LogP contribution >= 0.6 is 11.6 Å². The van der Waals surface area contributed by atoms with Crippen molar-refractivity contribution in [2.45, 2.75) is 19.4 Å². The number of carbonyl (C=O) groups excluding carboxylic acids is 1. The number of nitrogens with one attached hydrogen (secondary N) is 1. The molecule has 0 aliphatic rings. The Morgan fingerprint density at radius 3 is 2.72 bits per heavy atom. The third-order valence-corrected chi connectivity index (χ3v) is 2.75. The third-order valence-electron chi connectivity index (χ3n) is 2.37. The van der Waals surface area contributed by atoms with Crippen molar-refractivity contribution in [2.24, 2.45) is 10.9 Å². The Morgan fingerprint density at radius 1 is 1.56 bits per heavy atom. The number of nitrogens with two attached hydrogens (primary N) is 1. The number of nitrogens with zero attached hydrogens (tertiary/aromatic N) is 1. The lowest BCUT2D eigenvalue weighted by molar-refractivity contribution is 0.0930. The Labute approximate surface area is 108 Å². The standard InChI is InChI=1S/C11H13ClFN3O2/c1-11(2,10(14)16-18)15-9(17)6-4-3-5-7(13)8(6)12/h3-5,18H,1-2H3,(H2,14,16)(H,15,17). The van der Waals surface area contributed by atoms with E-state index in [9.17, 15) is 9.18 Å². The van der Waals surface area contributed by atoms with Gasteiger partial charge in [0.2, 0.25) is 0 Å². The maximum absolute atomic E-state index is 13.2. The Hall–Kier alpha value is -1.82. The maximum atomic E-state index is 13.2. The molecule has 5 nitrogen and oxygen atoms in total. The van der Waals surface area contributed by atoms with E-state index in [0.29, 0.717) is 0 Å². The van der Waals surface area contributed by atoms with Gasteiger partial charge in [-0.25, -0.2) is 4.39 Å². The molecule has 0 heterocycles. The summed E-state index contributed by atoms with van der Waals surface area (Å²) < 4.78 is 13.2. The molecular formula is C11H13ClFN3O2. The van der Waals surface area contributed by atoms with E-state index in [1.54, 1.807) is 0 Å². The first-order valence-corrected chi connectivity index (χ1v) is 5.42. The molecule has 0 aromatic heterocycles. The number of benzene rings is 1. The lowest BCUT2D eigenvalue weighted by Crippen LogP contribution is -2.53. The summed E-state index contributed by atoms with van der Waals surface area (Å²) in [4.78, 5) is 11.9. The number of hydrogen-bond acceptors (Lipinski definition) is 3. The highest BCUT2D eigenvalue weighted by Crippen LogP contribution is 2.20. The highest BCUT2D eigenvalue weighted by atomic mass is 35.5. The first kappa shape index (κ1) is 14.2. The molecule has 0 fully saturated rings. The van der Waals surface area contributed by atoms with Crippen LogP contribution < -0.4 is 11.1 Å². The van der Waals surface area contributed by atoms with E-state index in [-0.39, 0.29) is 16.4 Å². The van der Waals surface area contributed by atoms with Crippen molar-refractivity contribution >= 4 is 23.3 Å². The number of carbonyl (C=O) groups is 1. The van der Waals surface area contributed by atoms with Crippen LogP contribution in [0.25, 0.3) is 0 Å². The fourth-order valence-electron chi connectivity index (χ4n) is 1.22. The van der Waals surface area contributed by atoms with E-state index in [1.807, 2.05) is 0 Å². The van der Waals surface area contributed by atoms with E-state index in [1.165, 1.54) is 26.0 Å². The zero-order chi connectivity index (χ0) is 13.9. The van der Waals surface area contributed by atoms with Crippen LogP contribution in [0.1, 0.15) is 24.2 Å². The van der Waals surface area contributed by atoms with E-state index >= 15 is 0 Å². The second kappa shape index (κ2) is 5.22. The van der Waals surface area contributed by atoms with Gasteiger partial charge in [0.15, 0.2) is 5.84 Å². The second-order valence-corrected chi connectivity index (χ2v) is 4.54. The summed E-state index contributed by atoms with van der Waals surface area (Å²) in [5.41, 5.74) is 4.32. The molecule has 0 saturated heterocycles. The van der Waals surface area contributed by atoms with Gasteiger partial charge in [-0.1, -0.05) is 22.8 Å². The minimum absolute atomic E-state index is 0.0181. The number of oxime groups is 1. The molecule has 0 bridgehead atoms. The van der Waals surface area contributed by atoms with Crippen molar-refractivity contribution in [3.8, 4) is 0 Å². The molecule has 4 N–H and O–H groups in total. The van der Waals surface area contributed by atoms with Crippen LogP contribution in [-0.4, -0.2) is 22.5 Å². The van der Waals surface area contributed by atoms with Crippen LogP contribution in [0.15, 0.2) is 23.4 Å². The molecule has 1 amide bonds. The van der Waals surface area contributed by atoms with Crippen molar-refractivity contribution in [3.63, 3.8) is 0 Å². The van der Waals surface area contributed by atoms with Crippen molar-refractivity contribution in [2.75, 3.05) is 0 Å². The average Bonchev–Trinajstić information content (AvgIpc) is 2.30. The molecule has 0 aliphatic heterocycles. The number of rotatable bonds is 3. The summed E-state index contributed by atoms with van der Waals surface area (Å²) >= 11 is 5.68. The third kappa shape index (κ3) is 2.89. The fourth-order valence-corrected chi connectivity index (χ4v) is 1.43. The van der Waals surface area contributed by atoms with Gasteiger partial charge in [0.05, 0.1) is 16.1 Å². The Kier molecular flexibility index (Phi) is 4.13. The van der Waals surface area contributed by atoms with Gasteiger partial charge in [-0.2, -0.15) is 0 Å². The minimum atomic E-state index is -1.08. The fraction of sp³-hybridized carbons (Fsp3) is 0.273. The Balaban J connectivity index is 3.00. The minimum Gasteiger partial charge on any atom is -0.409 e. The molecule has 1 rings (SSSR count). The molecule has 98 valence electrons. The number of amidine groups is 1. The molecule has 18 heavy (non-hydrogen) atoms. The normalized spacial score (nSPS) is 12.3. The van der Waals surface area contributed by atoms with Crippen molar-refractivity contribution < 1.29 is 14.4 Å². The van der Waals surface area contributed by atoms with Gasteiger partial charge in [0.1, 0.15) is 5.82 Å².